The largest absolute Gasteiger partial charge is 0.429 e. The molecule has 1 aromatic carbocycles. The zero-order chi connectivity index (χ0) is 11.0. The number of hydrogen-bond acceptors (Lipinski definition) is 2. The van der Waals surface area contributed by atoms with Crippen LogP contribution in [-0.2, 0) is 0 Å². The molecule has 0 saturated heterocycles. The Morgan fingerprint density at radius 1 is 1.40 bits per heavy atom. The lowest BCUT2D eigenvalue weighted by atomic mass is 10.3. The fourth-order valence-corrected chi connectivity index (χ4v) is 1.59. The number of benzene rings is 1. The molecule has 0 atom stereocenters. The van der Waals surface area contributed by atoms with Crippen LogP contribution in [-0.4, -0.2) is 16.6 Å². The number of rotatable bonds is 2. The van der Waals surface area contributed by atoms with E-state index in [1.807, 2.05) is 0 Å². The zero-order valence-corrected chi connectivity index (χ0v) is 8.69. The molecule has 0 radical (unpaired) electrons. The molecule has 0 amide bonds. The number of alkyl halides is 2. The van der Waals surface area contributed by atoms with E-state index < -0.39 is 18.2 Å². The maximum Gasteiger partial charge on any atom is 0.387 e. The van der Waals surface area contributed by atoms with Gasteiger partial charge in [-0.05, 0) is 28.1 Å². The topological polar surface area (TPSA) is 37.9 Å². The van der Waals surface area contributed by atoms with E-state index in [0.717, 1.165) is 6.07 Å². The second-order valence-electron chi connectivity index (χ2n) is 2.68. The number of hydrogen-bond donors (Lipinski definition) is 1. The highest BCUT2D eigenvalue weighted by molar-refractivity contribution is 9.10. The molecular weight excluding hydrogens is 277 g/mol. The van der Waals surface area contributed by atoms with Crippen LogP contribution in [0.15, 0.2) is 16.9 Å². The number of fused-ring (bicyclic) bond motifs is 1. The average molecular weight is 281 g/mol. The van der Waals surface area contributed by atoms with Gasteiger partial charge < -0.3 is 9.72 Å². The number of aromatic nitrogens is 2. The lowest BCUT2D eigenvalue weighted by Gasteiger charge is -2.05. The third kappa shape index (κ3) is 1.92. The summed E-state index contributed by atoms with van der Waals surface area (Å²) in [5.74, 6) is -1.42. The Hall–Kier alpha value is -1.24. The van der Waals surface area contributed by atoms with E-state index in [1.165, 1.54) is 6.07 Å². The number of imidazole rings is 1. The summed E-state index contributed by atoms with van der Waals surface area (Å²) in [6, 6.07) is 2.42. The van der Waals surface area contributed by atoms with E-state index in [-0.39, 0.29) is 5.52 Å². The Kier molecular flexibility index (Phi) is 2.56. The van der Waals surface area contributed by atoms with Gasteiger partial charge in [0.1, 0.15) is 5.52 Å². The van der Waals surface area contributed by atoms with Gasteiger partial charge in [0.2, 0.25) is 0 Å². The first-order chi connectivity index (χ1) is 7.08. The van der Waals surface area contributed by atoms with Crippen molar-refractivity contribution in [3.05, 3.63) is 22.7 Å². The van der Waals surface area contributed by atoms with Crippen LogP contribution < -0.4 is 4.74 Å². The van der Waals surface area contributed by atoms with Crippen molar-refractivity contribution in [1.82, 2.24) is 9.97 Å². The summed E-state index contributed by atoms with van der Waals surface area (Å²) >= 11 is 3.02. The standard InChI is InChI=1S/C8H4BrF3N2O/c9-7-13-4-2-1-3(10)6(5(4)14-7)15-8(11)12/h1-2,8H,(H,13,14). The molecule has 0 aliphatic heterocycles. The third-order valence-electron chi connectivity index (χ3n) is 1.74. The summed E-state index contributed by atoms with van der Waals surface area (Å²) < 4.78 is 41.5. The molecule has 3 nitrogen and oxygen atoms in total. The molecule has 0 spiro atoms. The minimum atomic E-state index is -3.08. The van der Waals surface area contributed by atoms with Crippen molar-refractivity contribution in [3.63, 3.8) is 0 Å². The fourth-order valence-electron chi connectivity index (χ4n) is 1.20. The van der Waals surface area contributed by atoms with Gasteiger partial charge in [-0.1, -0.05) is 0 Å². The maximum absolute atomic E-state index is 13.2. The van der Waals surface area contributed by atoms with Crippen molar-refractivity contribution < 1.29 is 17.9 Å². The summed E-state index contributed by atoms with van der Waals surface area (Å²) in [6.45, 7) is -3.08. The molecule has 0 bridgehead atoms. The first kappa shape index (κ1) is 10.3. The Labute approximate surface area is 90.4 Å². The van der Waals surface area contributed by atoms with Gasteiger partial charge in [0.15, 0.2) is 16.3 Å². The highest BCUT2D eigenvalue weighted by Crippen LogP contribution is 2.29. The van der Waals surface area contributed by atoms with E-state index in [0.29, 0.717) is 10.3 Å². The van der Waals surface area contributed by atoms with Crippen LogP contribution in [0.2, 0.25) is 0 Å². The number of nitrogens with zero attached hydrogens (tertiary/aromatic N) is 1. The highest BCUT2D eigenvalue weighted by Gasteiger charge is 2.16. The van der Waals surface area contributed by atoms with Crippen LogP contribution in [0.3, 0.4) is 0 Å². The second kappa shape index (κ2) is 3.73. The van der Waals surface area contributed by atoms with Crippen molar-refractivity contribution in [2.24, 2.45) is 0 Å². The average Bonchev–Trinajstić information content (AvgIpc) is 2.51. The van der Waals surface area contributed by atoms with Crippen LogP contribution in [0.25, 0.3) is 11.0 Å². The molecule has 15 heavy (non-hydrogen) atoms. The Balaban J connectivity index is 2.62. The van der Waals surface area contributed by atoms with Gasteiger partial charge in [0.25, 0.3) is 0 Å². The Bertz CT molecular complexity index is 500. The first-order valence-corrected chi connectivity index (χ1v) is 4.66. The number of halogens is 4. The molecule has 0 aliphatic rings. The SMILES string of the molecule is Fc1ccc2[nH]c(Br)nc2c1OC(F)F. The lowest BCUT2D eigenvalue weighted by molar-refractivity contribution is -0.0511. The van der Waals surface area contributed by atoms with Crippen molar-refractivity contribution in [2.45, 2.75) is 6.61 Å². The lowest BCUT2D eigenvalue weighted by Crippen LogP contribution is -2.04. The van der Waals surface area contributed by atoms with E-state index in [4.69, 9.17) is 0 Å². The molecule has 1 heterocycles. The predicted molar refractivity (Wildman–Crippen MR) is 50.4 cm³/mol. The third-order valence-corrected chi connectivity index (χ3v) is 2.11. The first-order valence-electron chi connectivity index (χ1n) is 3.86. The van der Waals surface area contributed by atoms with Crippen molar-refractivity contribution in [2.75, 3.05) is 0 Å². The molecule has 0 unspecified atom stereocenters. The van der Waals surface area contributed by atoms with Gasteiger partial charge in [-0.25, -0.2) is 9.37 Å². The number of nitrogens with one attached hydrogen (secondary N) is 1. The number of H-pyrrole nitrogens is 1. The molecule has 2 rings (SSSR count). The molecule has 1 N–H and O–H groups in total. The summed E-state index contributed by atoms with van der Waals surface area (Å²) in [4.78, 5) is 6.50. The monoisotopic (exact) mass is 280 g/mol. The summed E-state index contributed by atoms with van der Waals surface area (Å²) in [5.41, 5.74) is 0.445. The van der Waals surface area contributed by atoms with Crippen molar-refractivity contribution in [1.29, 1.82) is 0 Å². The van der Waals surface area contributed by atoms with Crippen molar-refractivity contribution in [3.8, 4) is 5.75 Å². The molecule has 80 valence electrons. The molecule has 0 saturated carbocycles. The molecule has 0 aliphatic carbocycles. The Morgan fingerprint density at radius 2 is 2.13 bits per heavy atom. The van der Waals surface area contributed by atoms with Crippen LogP contribution in [0.1, 0.15) is 0 Å². The summed E-state index contributed by atoms with van der Waals surface area (Å²) in [7, 11) is 0. The molecule has 7 heteroatoms. The van der Waals surface area contributed by atoms with E-state index >= 15 is 0 Å². The zero-order valence-electron chi connectivity index (χ0n) is 7.10. The van der Waals surface area contributed by atoms with Crippen LogP contribution in [0.4, 0.5) is 13.2 Å². The second-order valence-corrected chi connectivity index (χ2v) is 3.43. The molecule has 0 fully saturated rings. The summed E-state index contributed by atoms with van der Waals surface area (Å²) in [5, 5.41) is 0. The smallest absolute Gasteiger partial charge is 0.387 e. The van der Waals surface area contributed by atoms with Gasteiger partial charge in [-0.3, -0.25) is 0 Å². The van der Waals surface area contributed by atoms with Gasteiger partial charge in [0, 0.05) is 0 Å². The molecule has 2 aromatic rings. The highest BCUT2D eigenvalue weighted by atomic mass is 79.9. The number of aromatic amines is 1. The van der Waals surface area contributed by atoms with E-state index in [9.17, 15) is 13.2 Å². The predicted octanol–water partition coefficient (Wildman–Crippen LogP) is 3.07. The maximum atomic E-state index is 13.2. The van der Waals surface area contributed by atoms with Crippen LogP contribution in [0, 0.1) is 5.82 Å². The molecular formula is C8H4BrF3N2O. The summed E-state index contributed by atoms with van der Waals surface area (Å²) in [6.07, 6.45) is 0. The Morgan fingerprint density at radius 3 is 2.80 bits per heavy atom. The quantitative estimate of drug-likeness (QED) is 0.918. The van der Waals surface area contributed by atoms with Crippen molar-refractivity contribution >= 4 is 27.0 Å². The molecule has 1 aromatic heterocycles. The van der Waals surface area contributed by atoms with Crippen LogP contribution in [0.5, 0.6) is 5.75 Å². The fraction of sp³-hybridized carbons (Fsp3) is 0.125. The van der Waals surface area contributed by atoms with Crippen LogP contribution >= 0.6 is 15.9 Å². The van der Waals surface area contributed by atoms with E-state index in [2.05, 4.69) is 30.6 Å². The van der Waals surface area contributed by atoms with Gasteiger partial charge in [-0.15, -0.1) is 0 Å². The van der Waals surface area contributed by atoms with Gasteiger partial charge >= 0.3 is 6.61 Å². The minimum absolute atomic E-state index is 0.0298. The minimum Gasteiger partial charge on any atom is -0.429 e. The van der Waals surface area contributed by atoms with Gasteiger partial charge in [0.05, 0.1) is 5.52 Å². The van der Waals surface area contributed by atoms with E-state index in [1.54, 1.807) is 0 Å². The number of ether oxygens (including phenoxy) is 1. The van der Waals surface area contributed by atoms with Gasteiger partial charge in [-0.2, -0.15) is 8.78 Å². The normalized spacial score (nSPS) is 11.3.